The first-order valence-electron chi connectivity index (χ1n) is 10.7. The number of fused-ring (bicyclic) bond motifs is 5. The van der Waals surface area contributed by atoms with Gasteiger partial charge in [0.25, 0.3) is 0 Å². The van der Waals surface area contributed by atoms with Gasteiger partial charge in [0.1, 0.15) is 5.60 Å². The van der Waals surface area contributed by atoms with Crippen LogP contribution in [0.3, 0.4) is 0 Å². The number of nitrogens with zero attached hydrogens (tertiary/aromatic N) is 3. The summed E-state index contributed by atoms with van der Waals surface area (Å²) in [5, 5.41) is 31.8. The summed E-state index contributed by atoms with van der Waals surface area (Å²) < 4.78 is 54.3. The molecule has 36 heavy (non-hydrogen) atoms. The van der Waals surface area contributed by atoms with Gasteiger partial charge in [0.2, 0.25) is 17.6 Å². The number of nitriles is 1. The van der Waals surface area contributed by atoms with Crippen LogP contribution in [-0.4, -0.2) is 26.4 Å². The first kappa shape index (κ1) is 24.7. The lowest BCUT2D eigenvalue weighted by Crippen LogP contribution is -2.33. The molecule has 0 unspecified atom stereocenters. The maximum atomic E-state index is 13.5. The average molecular weight is 585 g/mol. The fourth-order valence-electron chi connectivity index (χ4n) is 5.34. The largest absolute Gasteiger partial charge is 0.494 e. The van der Waals surface area contributed by atoms with Crippen LogP contribution in [-0.2, 0) is 22.1 Å². The van der Waals surface area contributed by atoms with Gasteiger partial charge in [-0.05, 0) is 60.5 Å². The molecule has 12 heteroatoms. The van der Waals surface area contributed by atoms with Gasteiger partial charge in [-0.3, -0.25) is 4.57 Å². The molecule has 1 fully saturated rings. The van der Waals surface area contributed by atoms with Gasteiger partial charge in [0.05, 0.1) is 55.7 Å². The van der Waals surface area contributed by atoms with Crippen molar-refractivity contribution in [3.63, 3.8) is 0 Å². The SMILES string of the molecule is C[C@]12C[C@@H](COc3ncc(Cl)cc3Br)[C@](C)(O1)c1c2c(O)n(-c2ccc(C#N)c(C(F)(F)F)c2)c1O. The van der Waals surface area contributed by atoms with Crippen LogP contribution in [0.5, 0.6) is 17.6 Å². The molecule has 2 aliphatic heterocycles. The van der Waals surface area contributed by atoms with E-state index < -0.39 is 40.3 Å². The fraction of sp³-hybridized carbons (Fsp3) is 0.333. The Hall–Kier alpha value is -2.94. The highest BCUT2D eigenvalue weighted by atomic mass is 79.9. The molecule has 0 amide bonds. The second-order valence-electron chi connectivity index (χ2n) is 9.16. The van der Waals surface area contributed by atoms with E-state index in [2.05, 4.69) is 20.9 Å². The first-order chi connectivity index (χ1) is 16.8. The Labute approximate surface area is 216 Å². The molecule has 2 aromatic heterocycles. The number of alkyl halides is 3. The summed E-state index contributed by atoms with van der Waals surface area (Å²) in [6, 6.07) is 6.13. The lowest BCUT2D eigenvalue weighted by Gasteiger charge is -2.29. The summed E-state index contributed by atoms with van der Waals surface area (Å²) in [7, 11) is 0. The molecular weight excluding hydrogens is 567 g/mol. The Morgan fingerprint density at radius 3 is 2.61 bits per heavy atom. The highest BCUT2D eigenvalue weighted by Crippen LogP contribution is 2.66. The third kappa shape index (κ3) is 3.54. The van der Waals surface area contributed by atoms with E-state index in [1.54, 1.807) is 19.9 Å². The zero-order valence-electron chi connectivity index (χ0n) is 18.8. The number of hydrogen-bond acceptors (Lipinski definition) is 6. The minimum Gasteiger partial charge on any atom is -0.494 e. The molecule has 0 spiro atoms. The van der Waals surface area contributed by atoms with Crippen LogP contribution >= 0.6 is 27.5 Å². The van der Waals surface area contributed by atoms with E-state index in [0.717, 1.165) is 16.7 Å². The smallest absolute Gasteiger partial charge is 0.417 e. The van der Waals surface area contributed by atoms with Gasteiger partial charge in [0.15, 0.2) is 0 Å². The van der Waals surface area contributed by atoms with Crippen molar-refractivity contribution in [2.45, 2.75) is 37.6 Å². The number of aromatic nitrogens is 2. The Morgan fingerprint density at radius 2 is 1.97 bits per heavy atom. The van der Waals surface area contributed by atoms with Crippen LogP contribution in [0.2, 0.25) is 5.02 Å². The van der Waals surface area contributed by atoms with Gasteiger partial charge in [-0.25, -0.2) is 4.98 Å². The maximum absolute atomic E-state index is 13.5. The summed E-state index contributed by atoms with van der Waals surface area (Å²) >= 11 is 9.28. The van der Waals surface area contributed by atoms with E-state index in [1.807, 2.05) is 0 Å². The maximum Gasteiger partial charge on any atom is 0.417 e. The summed E-state index contributed by atoms with van der Waals surface area (Å²) in [6.07, 6.45) is -2.94. The van der Waals surface area contributed by atoms with E-state index in [4.69, 9.17) is 26.3 Å². The summed E-state index contributed by atoms with van der Waals surface area (Å²) in [5.41, 5.74) is -3.40. The molecule has 3 aromatic rings. The van der Waals surface area contributed by atoms with Crippen molar-refractivity contribution in [2.75, 3.05) is 6.61 Å². The quantitative estimate of drug-likeness (QED) is 0.382. The fourth-order valence-corrected chi connectivity index (χ4v) is 6.09. The average Bonchev–Trinajstić information content (AvgIpc) is 3.32. The van der Waals surface area contributed by atoms with E-state index in [0.29, 0.717) is 27.4 Å². The molecule has 2 N–H and O–H groups in total. The summed E-state index contributed by atoms with van der Waals surface area (Å²) in [6.45, 7) is 3.64. The number of benzene rings is 1. The molecule has 7 nitrogen and oxygen atoms in total. The normalized spacial score (nSPS) is 24.6. The summed E-state index contributed by atoms with van der Waals surface area (Å²) in [4.78, 5) is 4.15. The van der Waals surface area contributed by atoms with Gasteiger partial charge in [0, 0.05) is 12.1 Å². The number of hydrogen-bond donors (Lipinski definition) is 2. The Balaban J connectivity index is 1.55. The number of pyridine rings is 1. The minimum atomic E-state index is -4.80. The van der Waals surface area contributed by atoms with Gasteiger partial charge in [-0.1, -0.05) is 11.6 Å². The number of ether oxygens (including phenoxy) is 2. The van der Waals surface area contributed by atoms with E-state index in [9.17, 15) is 23.4 Å². The minimum absolute atomic E-state index is 0.139. The molecule has 0 radical (unpaired) electrons. The lowest BCUT2D eigenvalue weighted by molar-refractivity contribution is -0.137. The van der Waals surface area contributed by atoms with Crippen LogP contribution in [0.1, 0.15) is 42.5 Å². The van der Waals surface area contributed by atoms with Crippen molar-refractivity contribution in [1.29, 1.82) is 5.26 Å². The second-order valence-corrected chi connectivity index (χ2v) is 10.5. The molecule has 3 atom stereocenters. The third-order valence-electron chi connectivity index (χ3n) is 6.88. The van der Waals surface area contributed by atoms with Crippen LogP contribution in [0.25, 0.3) is 5.69 Å². The first-order valence-corrected chi connectivity index (χ1v) is 11.9. The number of rotatable bonds is 4. The van der Waals surface area contributed by atoms with Gasteiger partial charge >= 0.3 is 6.18 Å². The van der Waals surface area contributed by atoms with Crippen molar-refractivity contribution < 1.29 is 32.9 Å². The van der Waals surface area contributed by atoms with E-state index >= 15 is 0 Å². The van der Waals surface area contributed by atoms with Crippen LogP contribution in [0, 0.1) is 17.2 Å². The lowest BCUT2D eigenvalue weighted by atomic mass is 9.73. The van der Waals surface area contributed by atoms with Crippen molar-refractivity contribution in [2.24, 2.45) is 5.92 Å². The predicted octanol–water partition coefficient (Wildman–Crippen LogP) is 6.15. The molecule has 2 aliphatic rings. The molecule has 1 saturated heterocycles. The van der Waals surface area contributed by atoms with E-state index in [-0.39, 0.29) is 23.8 Å². The molecule has 2 bridgehead atoms. The molecule has 188 valence electrons. The topological polar surface area (TPSA) is 101 Å². The zero-order chi connectivity index (χ0) is 26.2. The van der Waals surface area contributed by atoms with Crippen molar-refractivity contribution in [3.8, 4) is 29.4 Å². The molecule has 5 rings (SSSR count). The summed E-state index contributed by atoms with van der Waals surface area (Å²) in [5.74, 6) is -0.833. The second kappa shape index (κ2) is 8.03. The van der Waals surface area contributed by atoms with Gasteiger partial charge in [-0.2, -0.15) is 18.4 Å². The predicted molar refractivity (Wildman–Crippen MR) is 125 cm³/mol. The Morgan fingerprint density at radius 1 is 1.28 bits per heavy atom. The molecular formula is C24H18BrClF3N3O4. The third-order valence-corrected chi connectivity index (χ3v) is 7.66. The van der Waals surface area contributed by atoms with Crippen molar-refractivity contribution in [3.05, 3.63) is 62.2 Å². The van der Waals surface area contributed by atoms with Gasteiger partial charge < -0.3 is 19.7 Å². The van der Waals surface area contributed by atoms with Crippen LogP contribution in [0.15, 0.2) is 34.9 Å². The van der Waals surface area contributed by atoms with Crippen LogP contribution in [0.4, 0.5) is 13.2 Å². The van der Waals surface area contributed by atoms with Gasteiger partial charge in [-0.15, -0.1) is 0 Å². The molecule has 0 aliphatic carbocycles. The van der Waals surface area contributed by atoms with Crippen molar-refractivity contribution >= 4 is 27.5 Å². The molecule has 4 heterocycles. The Bertz CT molecular complexity index is 1450. The zero-order valence-corrected chi connectivity index (χ0v) is 21.2. The highest BCUT2D eigenvalue weighted by Gasteiger charge is 2.64. The van der Waals surface area contributed by atoms with E-state index in [1.165, 1.54) is 18.3 Å². The standard InChI is InChI=1S/C24H18BrClF3N3O4/c1-22-7-12(10-35-19-16(25)5-13(26)9-31-19)23(2,36-22)18-17(22)20(33)32(21(18)34)14-4-3-11(8-30)15(6-14)24(27,28)29/h3-6,9,12,33-34H,7,10H2,1-2H3/t12-,22+,23-/m0/s1. The van der Waals surface area contributed by atoms with Crippen molar-refractivity contribution in [1.82, 2.24) is 9.55 Å². The number of halogens is 5. The molecule has 0 saturated carbocycles. The van der Waals surface area contributed by atoms with Crippen LogP contribution < -0.4 is 4.74 Å². The highest BCUT2D eigenvalue weighted by molar-refractivity contribution is 9.10. The Kier molecular flexibility index (Phi) is 5.52. The monoisotopic (exact) mass is 583 g/mol. The number of aromatic hydroxyl groups is 2. The molecule has 1 aromatic carbocycles.